The summed E-state index contributed by atoms with van der Waals surface area (Å²) in [5.74, 6) is -1.18. The Morgan fingerprint density at radius 2 is 1.85 bits per heavy atom. The van der Waals surface area contributed by atoms with Gasteiger partial charge in [0.25, 0.3) is 5.79 Å². The van der Waals surface area contributed by atoms with Gasteiger partial charge in [-0.2, -0.15) is 0 Å². The highest BCUT2D eigenvalue weighted by Crippen LogP contribution is 2.25. The van der Waals surface area contributed by atoms with E-state index in [9.17, 15) is 14.0 Å². The molecule has 20 heavy (non-hydrogen) atoms. The molecule has 1 aliphatic rings. The number of rotatable bonds is 1. The number of cyclic esters (lactones) is 2. The third kappa shape index (κ3) is 2.69. The minimum atomic E-state index is -1.32. The highest BCUT2D eigenvalue weighted by atomic mass is 19.1. The van der Waals surface area contributed by atoms with Crippen LogP contribution in [0.2, 0.25) is 0 Å². The molecule has 2 rings (SSSR count). The number of esters is 2. The number of halogens is 1. The first-order valence-corrected chi connectivity index (χ1v) is 5.77. The molecule has 0 unspecified atom stereocenters. The molecule has 1 heterocycles. The fraction of sp³-hybridized carbons (Fsp3) is 0.200. The summed E-state index contributed by atoms with van der Waals surface area (Å²) >= 11 is 0. The van der Waals surface area contributed by atoms with Gasteiger partial charge in [0.2, 0.25) is 0 Å². The Labute approximate surface area is 115 Å². The molecule has 0 radical (unpaired) electrons. The van der Waals surface area contributed by atoms with Crippen LogP contribution in [0.3, 0.4) is 0 Å². The van der Waals surface area contributed by atoms with Crippen molar-refractivity contribution < 1.29 is 23.5 Å². The maximum atomic E-state index is 13.2. The summed E-state index contributed by atoms with van der Waals surface area (Å²) in [6.45, 7) is 2.88. The summed E-state index contributed by atoms with van der Waals surface area (Å²) < 4.78 is 23.1. The van der Waals surface area contributed by atoms with Crippen LogP contribution < -0.4 is 0 Å². The summed E-state index contributed by atoms with van der Waals surface area (Å²) in [5, 5.41) is 0. The first-order chi connectivity index (χ1) is 9.32. The number of ether oxygens (including phenoxy) is 2. The lowest BCUT2D eigenvalue weighted by atomic mass is 10.0. The summed E-state index contributed by atoms with van der Waals surface area (Å²) in [7, 11) is 0. The van der Waals surface area contributed by atoms with Crippen LogP contribution in [-0.4, -0.2) is 17.7 Å². The van der Waals surface area contributed by atoms with E-state index in [1.54, 1.807) is 0 Å². The third-order valence-electron chi connectivity index (χ3n) is 2.59. The van der Waals surface area contributed by atoms with E-state index in [-0.39, 0.29) is 11.1 Å². The van der Waals surface area contributed by atoms with Crippen LogP contribution in [0.25, 0.3) is 6.08 Å². The summed E-state index contributed by atoms with van der Waals surface area (Å²) in [5.41, 5.74) is 0.256. The van der Waals surface area contributed by atoms with Crippen LogP contribution in [0.1, 0.15) is 25.0 Å². The van der Waals surface area contributed by atoms with Crippen molar-refractivity contribution in [3.63, 3.8) is 0 Å². The average molecular weight is 274 g/mol. The fourth-order valence-electron chi connectivity index (χ4n) is 1.72. The SMILES string of the molecule is C#Cc1ccc(F)cc1C=C1C(=O)OC(C)(C)OC1=O. The van der Waals surface area contributed by atoms with Gasteiger partial charge in [-0.25, -0.2) is 14.0 Å². The second kappa shape index (κ2) is 4.82. The number of carbonyl (C=O) groups is 2. The molecule has 0 saturated carbocycles. The number of hydrogen-bond donors (Lipinski definition) is 0. The van der Waals surface area contributed by atoms with Gasteiger partial charge in [-0.05, 0) is 29.8 Å². The lowest BCUT2D eigenvalue weighted by Crippen LogP contribution is -2.41. The van der Waals surface area contributed by atoms with E-state index >= 15 is 0 Å². The van der Waals surface area contributed by atoms with Crippen LogP contribution in [0, 0.1) is 18.2 Å². The maximum absolute atomic E-state index is 13.2. The van der Waals surface area contributed by atoms with Gasteiger partial charge in [0, 0.05) is 19.4 Å². The zero-order chi connectivity index (χ0) is 14.9. The van der Waals surface area contributed by atoms with Crippen molar-refractivity contribution in [1.29, 1.82) is 0 Å². The number of hydrogen-bond acceptors (Lipinski definition) is 4. The molecule has 102 valence electrons. The maximum Gasteiger partial charge on any atom is 0.348 e. The normalized spacial score (nSPS) is 17.0. The molecule has 1 aromatic rings. The average Bonchev–Trinajstić information content (AvgIpc) is 2.33. The van der Waals surface area contributed by atoms with E-state index in [2.05, 4.69) is 5.92 Å². The molecule has 0 N–H and O–H groups in total. The Bertz CT molecular complexity index is 643. The van der Waals surface area contributed by atoms with Crippen LogP contribution in [0.5, 0.6) is 0 Å². The third-order valence-corrected chi connectivity index (χ3v) is 2.59. The van der Waals surface area contributed by atoms with Gasteiger partial charge >= 0.3 is 11.9 Å². The molecule has 0 aliphatic carbocycles. The summed E-state index contributed by atoms with van der Waals surface area (Å²) in [4.78, 5) is 23.5. The van der Waals surface area contributed by atoms with Gasteiger partial charge in [0.15, 0.2) is 0 Å². The van der Waals surface area contributed by atoms with Crippen molar-refractivity contribution in [3.8, 4) is 12.3 Å². The van der Waals surface area contributed by atoms with Crippen molar-refractivity contribution in [2.24, 2.45) is 0 Å². The standard InChI is InChI=1S/C15H11FO4/c1-4-9-5-6-11(16)7-10(9)8-12-13(17)19-15(2,3)20-14(12)18/h1,5-8H,2-3H3. The highest BCUT2D eigenvalue weighted by molar-refractivity contribution is 6.19. The lowest BCUT2D eigenvalue weighted by Gasteiger charge is -2.29. The number of terminal acetylenes is 1. The van der Waals surface area contributed by atoms with Gasteiger partial charge in [0.05, 0.1) is 0 Å². The predicted molar refractivity (Wildman–Crippen MR) is 68.6 cm³/mol. The second-order valence-electron chi connectivity index (χ2n) is 4.61. The lowest BCUT2D eigenvalue weighted by molar-refractivity contribution is -0.222. The fourth-order valence-corrected chi connectivity index (χ4v) is 1.72. The monoisotopic (exact) mass is 274 g/mol. The predicted octanol–water partition coefficient (Wildman–Crippen LogP) is 2.03. The molecule has 0 atom stereocenters. The summed E-state index contributed by atoms with van der Waals surface area (Å²) in [6, 6.07) is 3.70. The molecule has 1 aliphatic heterocycles. The minimum Gasteiger partial charge on any atom is -0.419 e. The van der Waals surface area contributed by atoms with E-state index < -0.39 is 23.5 Å². The molecule has 5 heteroatoms. The smallest absolute Gasteiger partial charge is 0.348 e. The van der Waals surface area contributed by atoms with Crippen molar-refractivity contribution in [1.82, 2.24) is 0 Å². The molecular weight excluding hydrogens is 263 g/mol. The Balaban J connectivity index is 2.46. The first kappa shape index (κ1) is 13.8. The molecule has 0 bridgehead atoms. The Hall–Kier alpha value is -2.61. The topological polar surface area (TPSA) is 52.6 Å². The quantitative estimate of drug-likeness (QED) is 0.340. The van der Waals surface area contributed by atoms with Crippen molar-refractivity contribution in [2.75, 3.05) is 0 Å². The van der Waals surface area contributed by atoms with Gasteiger partial charge in [-0.3, -0.25) is 0 Å². The Kier molecular flexibility index (Phi) is 3.33. The number of benzene rings is 1. The Morgan fingerprint density at radius 3 is 2.40 bits per heavy atom. The molecule has 1 saturated heterocycles. The largest absolute Gasteiger partial charge is 0.419 e. The van der Waals surface area contributed by atoms with Crippen molar-refractivity contribution in [3.05, 3.63) is 40.7 Å². The van der Waals surface area contributed by atoms with E-state index in [1.165, 1.54) is 26.0 Å². The van der Waals surface area contributed by atoms with Crippen molar-refractivity contribution in [2.45, 2.75) is 19.6 Å². The van der Waals surface area contributed by atoms with Gasteiger partial charge in [-0.15, -0.1) is 6.42 Å². The molecular formula is C15H11FO4. The molecule has 0 amide bonds. The zero-order valence-electron chi connectivity index (χ0n) is 10.9. The molecule has 1 aromatic carbocycles. The van der Waals surface area contributed by atoms with Crippen LogP contribution in [0.15, 0.2) is 23.8 Å². The van der Waals surface area contributed by atoms with Gasteiger partial charge in [-0.1, -0.05) is 5.92 Å². The zero-order valence-corrected chi connectivity index (χ0v) is 10.9. The molecule has 4 nitrogen and oxygen atoms in total. The van der Waals surface area contributed by atoms with Gasteiger partial charge in [0.1, 0.15) is 11.4 Å². The van der Waals surface area contributed by atoms with Crippen LogP contribution in [-0.2, 0) is 19.1 Å². The van der Waals surface area contributed by atoms with Crippen LogP contribution >= 0.6 is 0 Å². The van der Waals surface area contributed by atoms with Crippen molar-refractivity contribution >= 4 is 18.0 Å². The summed E-state index contributed by atoms with van der Waals surface area (Å²) in [6.07, 6.45) is 6.45. The highest BCUT2D eigenvalue weighted by Gasteiger charge is 2.38. The van der Waals surface area contributed by atoms with Crippen LogP contribution in [0.4, 0.5) is 4.39 Å². The van der Waals surface area contributed by atoms with E-state index in [1.807, 2.05) is 0 Å². The molecule has 1 fully saturated rings. The molecule has 0 spiro atoms. The molecule has 0 aromatic heterocycles. The van der Waals surface area contributed by atoms with E-state index in [0.717, 1.165) is 12.1 Å². The first-order valence-electron chi connectivity index (χ1n) is 5.77. The van der Waals surface area contributed by atoms with Gasteiger partial charge < -0.3 is 9.47 Å². The second-order valence-corrected chi connectivity index (χ2v) is 4.61. The Morgan fingerprint density at radius 1 is 1.25 bits per heavy atom. The minimum absolute atomic E-state index is 0.233. The van der Waals surface area contributed by atoms with E-state index in [4.69, 9.17) is 15.9 Å². The van der Waals surface area contributed by atoms with E-state index in [0.29, 0.717) is 5.56 Å². The number of carbonyl (C=O) groups excluding carboxylic acids is 2.